The molecule has 3 heterocycles. The molecular weight excluding hydrogens is 280 g/mol. The lowest BCUT2D eigenvalue weighted by Crippen LogP contribution is -2.45. The first-order valence-corrected chi connectivity index (χ1v) is 8.22. The number of amides is 1. The fraction of sp³-hybridized carbons (Fsp3) is 0.706. The highest BCUT2D eigenvalue weighted by atomic mass is 16.5. The van der Waals surface area contributed by atoms with Crippen molar-refractivity contribution in [1.29, 1.82) is 0 Å². The van der Waals surface area contributed by atoms with E-state index in [9.17, 15) is 4.79 Å². The minimum atomic E-state index is -0.00733. The number of fused-ring (bicyclic) bond motifs is 2. The molecular formula is C17H26N2O3. The molecule has 0 spiro atoms. The summed E-state index contributed by atoms with van der Waals surface area (Å²) >= 11 is 0. The van der Waals surface area contributed by atoms with Crippen LogP contribution in [-0.2, 0) is 16.1 Å². The molecule has 1 aromatic heterocycles. The Morgan fingerprint density at radius 1 is 1.41 bits per heavy atom. The third kappa shape index (κ3) is 3.52. The first kappa shape index (κ1) is 15.6. The number of hydrogen-bond donors (Lipinski definition) is 1. The van der Waals surface area contributed by atoms with Crippen LogP contribution in [0.15, 0.2) is 16.5 Å². The first-order chi connectivity index (χ1) is 10.5. The van der Waals surface area contributed by atoms with Gasteiger partial charge in [0.05, 0.1) is 24.7 Å². The standard InChI is InChI=1S/C17H26N2O3/c1-11(2)7-18-17(20)15-6-14-9-19(10-16(15)22-14)8-13-5-4-12(3)21-13/h4-5,11,14-16H,6-10H2,1-3H3,(H,18,20)/t14-,15+,16-/m0/s1. The van der Waals surface area contributed by atoms with Gasteiger partial charge in [0, 0.05) is 19.6 Å². The van der Waals surface area contributed by atoms with Gasteiger partial charge >= 0.3 is 0 Å². The molecule has 2 aliphatic heterocycles. The predicted octanol–water partition coefficient (Wildman–Crippen LogP) is 1.95. The summed E-state index contributed by atoms with van der Waals surface area (Å²) in [5.41, 5.74) is 0. The number of likely N-dealkylation sites (tertiary alicyclic amines) is 1. The van der Waals surface area contributed by atoms with Gasteiger partial charge in [0.2, 0.25) is 5.91 Å². The van der Waals surface area contributed by atoms with Crippen molar-refractivity contribution in [3.63, 3.8) is 0 Å². The molecule has 1 aromatic rings. The van der Waals surface area contributed by atoms with Crippen molar-refractivity contribution in [1.82, 2.24) is 10.2 Å². The van der Waals surface area contributed by atoms with E-state index in [0.717, 1.165) is 44.1 Å². The molecule has 0 saturated carbocycles. The number of nitrogens with one attached hydrogen (secondary N) is 1. The molecule has 2 aliphatic rings. The number of carbonyl (C=O) groups is 1. The van der Waals surface area contributed by atoms with Crippen molar-refractivity contribution in [2.24, 2.45) is 11.8 Å². The molecule has 5 heteroatoms. The van der Waals surface area contributed by atoms with Gasteiger partial charge in [-0.1, -0.05) is 13.8 Å². The van der Waals surface area contributed by atoms with Crippen molar-refractivity contribution >= 4 is 5.91 Å². The second kappa shape index (κ2) is 6.42. The third-order valence-electron chi connectivity index (χ3n) is 4.43. The van der Waals surface area contributed by atoms with Crippen LogP contribution in [0.1, 0.15) is 31.8 Å². The van der Waals surface area contributed by atoms with Gasteiger partial charge in [0.25, 0.3) is 0 Å². The van der Waals surface area contributed by atoms with E-state index in [0.29, 0.717) is 5.92 Å². The highest BCUT2D eigenvalue weighted by molar-refractivity contribution is 5.79. The van der Waals surface area contributed by atoms with Crippen LogP contribution in [0.25, 0.3) is 0 Å². The Balaban J connectivity index is 1.56. The highest BCUT2D eigenvalue weighted by Crippen LogP contribution is 2.32. The Bertz CT molecular complexity index is 526. The SMILES string of the molecule is Cc1ccc(CN2C[C@@H]3C[C@@H](C(=O)NCC(C)C)[C@H](C2)O3)o1. The van der Waals surface area contributed by atoms with Crippen LogP contribution < -0.4 is 5.32 Å². The fourth-order valence-corrected chi connectivity index (χ4v) is 3.37. The largest absolute Gasteiger partial charge is 0.465 e. The Kier molecular flexibility index (Phi) is 4.54. The van der Waals surface area contributed by atoms with E-state index in [1.807, 2.05) is 19.1 Å². The van der Waals surface area contributed by atoms with Crippen molar-refractivity contribution < 1.29 is 13.9 Å². The van der Waals surface area contributed by atoms with E-state index in [1.54, 1.807) is 0 Å². The predicted molar refractivity (Wildman–Crippen MR) is 83.3 cm³/mol. The molecule has 0 unspecified atom stereocenters. The maximum atomic E-state index is 12.3. The summed E-state index contributed by atoms with van der Waals surface area (Å²) < 4.78 is 11.6. The molecule has 0 aliphatic carbocycles. The van der Waals surface area contributed by atoms with E-state index in [1.165, 1.54) is 0 Å². The van der Waals surface area contributed by atoms with E-state index >= 15 is 0 Å². The quantitative estimate of drug-likeness (QED) is 0.903. The van der Waals surface area contributed by atoms with Gasteiger partial charge in [0.1, 0.15) is 11.5 Å². The number of furan rings is 1. The van der Waals surface area contributed by atoms with E-state index < -0.39 is 0 Å². The molecule has 3 rings (SSSR count). The Hall–Kier alpha value is -1.33. The number of nitrogens with zero attached hydrogens (tertiary/aromatic N) is 1. The number of hydrogen-bond acceptors (Lipinski definition) is 4. The van der Waals surface area contributed by atoms with Crippen LogP contribution in [0, 0.1) is 18.8 Å². The Morgan fingerprint density at radius 3 is 2.91 bits per heavy atom. The smallest absolute Gasteiger partial charge is 0.225 e. The Labute approximate surface area is 132 Å². The summed E-state index contributed by atoms with van der Waals surface area (Å²) in [6.07, 6.45) is 1.02. The minimum absolute atomic E-state index is 0.00733. The van der Waals surface area contributed by atoms with Gasteiger partial charge in [-0.15, -0.1) is 0 Å². The molecule has 1 amide bonds. The van der Waals surface area contributed by atoms with Gasteiger partial charge in [0.15, 0.2) is 0 Å². The molecule has 0 radical (unpaired) electrons. The fourth-order valence-electron chi connectivity index (χ4n) is 3.37. The van der Waals surface area contributed by atoms with Crippen molar-refractivity contribution in [2.45, 2.75) is 45.9 Å². The number of carbonyl (C=O) groups excluding carboxylic acids is 1. The maximum Gasteiger partial charge on any atom is 0.225 e. The summed E-state index contributed by atoms with van der Waals surface area (Å²) in [5, 5.41) is 3.05. The van der Waals surface area contributed by atoms with E-state index in [4.69, 9.17) is 9.15 Å². The lowest BCUT2D eigenvalue weighted by Gasteiger charge is -2.32. The monoisotopic (exact) mass is 306 g/mol. The average Bonchev–Trinajstić information content (AvgIpc) is 2.99. The lowest BCUT2D eigenvalue weighted by atomic mass is 9.99. The van der Waals surface area contributed by atoms with Crippen molar-refractivity contribution in [2.75, 3.05) is 19.6 Å². The van der Waals surface area contributed by atoms with Crippen LogP contribution in [0.5, 0.6) is 0 Å². The van der Waals surface area contributed by atoms with Crippen LogP contribution in [-0.4, -0.2) is 42.6 Å². The Morgan fingerprint density at radius 2 is 2.23 bits per heavy atom. The van der Waals surface area contributed by atoms with Crippen LogP contribution in [0.4, 0.5) is 0 Å². The maximum absolute atomic E-state index is 12.3. The zero-order chi connectivity index (χ0) is 15.7. The number of ether oxygens (including phenoxy) is 1. The highest BCUT2D eigenvalue weighted by Gasteiger charge is 2.44. The summed E-state index contributed by atoms with van der Waals surface area (Å²) in [4.78, 5) is 14.7. The van der Waals surface area contributed by atoms with Crippen LogP contribution in [0.2, 0.25) is 0 Å². The van der Waals surface area contributed by atoms with Crippen molar-refractivity contribution in [3.8, 4) is 0 Å². The molecule has 2 bridgehead atoms. The van der Waals surface area contributed by atoms with Gasteiger partial charge < -0.3 is 14.5 Å². The number of rotatable bonds is 5. The lowest BCUT2D eigenvalue weighted by molar-refractivity contribution is -0.128. The molecule has 0 aromatic carbocycles. The molecule has 2 fully saturated rings. The van der Waals surface area contributed by atoms with E-state index in [2.05, 4.69) is 24.1 Å². The zero-order valence-electron chi connectivity index (χ0n) is 13.7. The molecule has 2 saturated heterocycles. The molecule has 3 atom stereocenters. The van der Waals surface area contributed by atoms with Gasteiger partial charge in [-0.05, 0) is 31.4 Å². The number of aryl methyl sites for hydroxylation is 1. The van der Waals surface area contributed by atoms with Crippen LogP contribution in [0.3, 0.4) is 0 Å². The first-order valence-electron chi connectivity index (χ1n) is 8.22. The van der Waals surface area contributed by atoms with Gasteiger partial charge in [-0.25, -0.2) is 0 Å². The van der Waals surface area contributed by atoms with Gasteiger partial charge in [-0.2, -0.15) is 0 Å². The topological polar surface area (TPSA) is 54.7 Å². The second-order valence-electron chi connectivity index (χ2n) is 6.98. The normalized spacial score (nSPS) is 28.3. The van der Waals surface area contributed by atoms with Crippen molar-refractivity contribution in [3.05, 3.63) is 23.7 Å². The summed E-state index contributed by atoms with van der Waals surface area (Å²) in [7, 11) is 0. The minimum Gasteiger partial charge on any atom is -0.465 e. The number of morpholine rings is 1. The molecule has 22 heavy (non-hydrogen) atoms. The zero-order valence-corrected chi connectivity index (χ0v) is 13.7. The van der Waals surface area contributed by atoms with Gasteiger partial charge in [-0.3, -0.25) is 9.69 Å². The van der Waals surface area contributed by atoms with E-state index in [-0.39, 0.29) is 24.0 Å². The molecule has 5 nitrogen and oxygen atoms in total. The molecule has 122 valence electrons. The molecule has 1 N–H and O–H groups in total. The summed E-state index contributed by atoms with van der Waals surface area (Å²) in [6.45, 7) is 9.39. The second-order valence-corrected chi connectivity index (χ2v) is 6.98. The summed E-state index contributed by atoms with van der Waals surface area (Å²) in [6, 6.07) is 4.02. The summed E-state index contributed by atoms with van der Waals surface area (Å²) in [5.74, 6) is 2.55. The van der Waals surface area contributed by atoms with Crippen LogP contribution >= 0.6 is 0 Å². The average molecular weight is 306 g/mol. The third-order valence-corrected chi connectivity index (χ3v) is 4.43.